The molecule has 2 aromatic rings. The van der Waals surface area contributed by atoms with Gasteiger partial charge in [-0.2, -0.15) is 0 Å². The number of benzene rings is 1. The van der Waals surface area contributed by atoms with Crippen LogP contribution in [0.3, 0.4) is 0 Å². The van der Waals surface area contributed by atoms with E-state index in [9.17, 15) is 0 Å². The molecule has 2 rings (SSSR count). The highest BCUT2D eigenvalue weighted by molar-refractivity contribution is 5.35. The number of nitrogens with one attached hydrogen (secondary N) is 1. The second-order valence-corrected chi connectivity index (χ2v) is 4.66. The molecular weight excluding hydrogens is 236 g/mol. The summed E-state index contributed by atoms with van der Waals surface area (Å²) in [4.78, 5) is 4.08. The van der Waals surface area contributed by atoms with Crippen molar-refractivity contribution in [3.63, 3.8) is 0 Å². The molecular formula is C16H20N2O. The zero-order chi connectivity index (χ0) is 13.5. The van der Waals surface area contributed by atoms with Crippen LogP contribution in [-0.2, 0) is 6.54 Å². The normalized spacial score (nSPS) is 10.4. The molecule has 0 aliphatic rings. The van der Waals surface area contributed by atoms with E-state index < -0.39 is 0 Å². The number of aromatic nitrogens is 1. The van der Waals surface area contributed by atoms with Gasteiger partial charge in [-0.05, 0) is 42.7 Å². The topological polar surface area (TPSA) is 34.1 Å². The maximum absolute atomic E-state index is 5.78. The molecule has 1 aromatic heterocycles. The average Bonchev–Trinajstić information content (AvgIpc) is 2.43. The Hall–Kier alpha value is -1.87. The monoisotopic (exact) mass is 256 g/mol. The molecule has 19 heavy (non-hydrogen) atoms. The Bertz CT molecular complexity index is 511. The average molecular weight is 256 g/mol. The SMILES string of the molecule is Cc1ccc(C)c(OCCNCc2cccnc2)c1. The third-order valence-corrected chi connectivity index (χ3v) is 2.93. The molecule has 1 heterocycles. The molecule has 0 aliphatic heterocycles. The molecule has 0 bridgehead atoms. The second-order valence-electron chi connectivity index (χ2n) is 4.66. The van der Waals surface area contributed by atoms with Gasteiger partial charge in [0, 0.05) is 25.5 Å². The minimum atomic E-state index is 0.671. The van der Waals surface area contributed by atoms with Crippen molar-refractivity contribution < 1.29 is 4.74 Å². The van der Waals surface area contributed by atoms with Crippen LogP contribution in [0.25, 0.3) is 0 Å². The highest BCUT2D eigenvalue weighted by atomic mass is 16.5. The first-order valence-electron chi connectivity index (χ1n) is 6.55. The van der Waals surface area contributed by atoms with E-state index in [1.165, 1.54) is 16.7 Å². The summed E-state index contributed by atoms with van der Waals surface area (Å²) in [5, 5.41) is 3.34. The van der Waals surface area contributed by atoms with Crippen LogP contribution in [0.4, 0.5) is 0 Å². The van der Waals surface area contributed by atoms with E-state index >= 15 is 0 Å². The van der Waals surface area contributed by atoms with E-state index in [0.717, 1.165) is 18.8 Å². The van der Waals surface area contributed by atoms with E-state index in [2.05, 4.69) is 48.4 Å². The van der Waals surface area contributed by atoms with Crippen molar-refractivity contribution in [2.75, 3.05) is 13.2 Å². The van der Waals surface area contributed by atoms with E-state index in [1.54, 1.807) is 6.20 Å². The lowest BCUT2D eigenvalue weighted by atomic mass is 10.1. The fourth-order valence-corrected chi connectivity index (χ4v) is 1.83. The van der Waals surface area contributed by atoms with Gasteiger partial charge in [0.05, 0.1) is 0 Å². The predicted octanol–water partition coefficient (Wildman–Crippen LogP) is 2.87. The molecule has 0 spiro atoms. The van der Waals surface area contributed by atoms with Crippen molar-refractivity contribution in [3.05, 3.63) is 59.4 Å². The van der Waals surface area contributed by atoms with Gasteiger partial charge in [-0.25, -0.2) is 0 Å². The van der Waals surface area contributed by atoms with Crippen LogP contribution in [0, 0.1) is 13.8 Å². The lowest BCUT2D eigenvalue weighted by Gasteiger charge is -2.10. The van der Waals surface area contributed by atoms with E-state index in [0.29, 0.717) is 6.61 Å². The Morgan fingerprint density at radius 1 is 1.21 bits per heavy atom. The van der Waals surface area contributed by atoms with Gasteiger partial charge in [-0.15, -0.1) is 0 Å². The van der Waals surface area contributed by atoms with Gasteiger partial charge in [0.2, 0.25) is 0 Å². The predicted molar refractivity (Wildman–Crippen MR) is 77.4 cm³/mol. The van der Waals surface area contributed by atoms with Crippen LogP contribution >= 0.6 is 0 Å². The van der Waals surface area contributed by atoms with E-state index in [4.69, 9.17) is 4.74 Å². The summed E-state index contributed by atoms with van der Waals surface area (Å²) in [6, 6.07) is 10.3. The van der Waals surface area contributed by atoms with Gasteiger partial charge in [0.25, 0.3) is 0 Å². The zero-order valence-corrected chi connectivity index (χ0v) is 11.5. The fourth-order valence-electron chi connectivity index (χ4n) is 1.83. The lowest BCUT2D eigenvalue weighted by molar-refractivity contribution is 0.311. The number of pyridine rings is 1. The summed E-state index contributed by atoms with van der Waals surface area (Å²) in [7, 11) is 0. The Morgan fingerprint density at radius 3 is 2.89 bits per heavy atom. The molecule has 0 saturated carbocycles. The van der Waals surface area contributed by atoms with Crippen LogP contribution in [0.1, 0.15) is 16.7 Å². The molecule has 0 aliphatic carbocycles. The maximum Gasteiger partial charge on any atom is 0.122 e. The van der Waals surface area contributed by atoms with Gasteiger partial charge in [0.1, 0.15) is 12.4 Å². The van der Waals surface area contributed by atoms with Crippen molar-refractivity contribution >= 4 is 0 Å². The second kappa shape index (κ2) is 6.90. The molecule has 3 heteroatoms. The lowest BCUT2D eigenvalue weighted by Crippen LogP contribution is -2.20. The van der Waals surface area contributed by atoms with Crippen LogP contribution in [0.15, 0.2) is 42.7 Å². The molecule has 0 amide bonds. The summed E-state index contributed by atoms with van der Waals surface area (Å²) in [5.74, 6) is 0.975. The summed E-state index contributed by atoms with van der Waals surface area (Å²) in [5.41, 5.74) is 3.59. The first-order chi connectivity index (χ1) is 9.25. The van der Waals surface area contributed by atoms with Crippen molar-refractivity contribution in [1.29, 1.82) is 0 Å². The summed E-state index contributed by atoms with van der Waals surface area (Å²) < 4.78 is 5.78. The zero-order valence-electron chi connectivity index (χ0n) is 11.5. The number of rotatable bonds is 6. The molecule has 0 unspecified atom stereocenters. The van der Waals surface area contributed by atoms with Crippen molar-refractivity contribution in [2.45, 2.75) is 20.4 Å². The molecule has 0 fully saturated rings. The molecule has 0 radical (unpaired) electrons. The molecule has 0 atom stereocenters. The number of ether oxygens (including phenoxy) is 1. The largest absolute Gasteiger partial charge is 0.492 e. The Labute approximate surface area is 114 Å². The highest BCUT2D eigenvalue weighted by Crippen LogP contribution is 2.18. The quantitative estimate of drug-likeness (QED) is 0.807. The summed E-state index contributed by atoms with van der Waals surface area (Å²) >= 11 is 0. The molecule has 0 saturated heterocycles. The van der Waals surface area contributed by atoms with Gasteiger partial charge >= 0.3 is 0 Å². The summed E-state index contributed by atoms with van der Waals surface area (Å²) in [6.45, 7) is 6.46. The Morgan fingerprint density at radius 2 is 2.11 bits per heavy atom. The highest BCUT2D eigenvalue weighted by Gasteiger charge is 1.99. The molecule has 1 aromatic carbocycles. The number of hydrogen-bond acceptors (Lipinski definition) is 3. The molecule has 3 nitrogen and oxygen atoms in total. The van der Waals surface area contributed by atoms with Crippen molar-refractivity contribution in [3.8, 4) is 5.75 Å². The molecule has 100 valence electrons. The van der Waals surface area contributed by atoms with Gasteiger partial charge in [-0.1, -0.05) is 18.2 Å². The first-order valence-corrected chi connectivity index (χ1v) is 6.55. The number of nitrogens with zero attached hydrogens (tertiary/aromatic N) is 1. The minimum absolute atomic E-state index is 0.671. The number of hydrogen-bond donors (Lipinski definition) is 1. The van der Waals surface area contributed by atoms with E-state index in [-0.39, 0.29) is 0 Å². The standard InChI is InChI=1S/C16H20N2O/c1-13-5-6-14(2)16(10-13)19-9-8-18-12-15-4-3-7-17-11-15/h3-7,10-11,18H,8-9,12H2,1-2H3. The molecule has 1 N–H and O–H groups in total. The van der Waals surface area contributed by atoms with Crippen LogP contribution < -0.4 is 10.1 Å². The Kier molecular flexibility index (Phi) is 4.93. The number of aryl methyl sites for hydroxylation is 2. The van der Waals surface area contributed by atoms with Crippen LogP contribution in [0.2, 0.25) is 0 Å². The third-order valence-electron chi connectivity index (χ3n) is 2.93. The van der Waals surface area contributed by atoms with Crippen LogP contribution in [0.5, 0.6) is 5.75 Å². The van der Waals surface area contributed by atoms with E-state index in [1.807, 2.05) is 12.3 Å². The van der Waals surface area contributed by atoms with Crippen molar-refractivity contribution in [2.24, 2.45) is 0 Å². The smallest absolute Gasteiger partial charge is 0.122 e. The fraction of sp³-hybridized carbons (Fsp3) is 0.312. The Balaban J connectivity index is 1.71. The van der Waals surface area contributed by atoms with Crippen molar-refractivity contribution in [1.82, 2.24) is 10.3 Å². The summed E-state index contributed by atoms with van der Waals surface area (Å²) in [6.07, 6.45) is 3.66. The van der Waals surface area contributed by atoms with Gasteiger partial charge < -0.3 is 10.1 Å². The first kappa shape index (κ1) is 13.6. The maximum atomic E-state index is 5.78. The minimum Gasteiger partial charge on any atom is -0.492 e. The third kappa shape index (κ3) is 4.38. The van der Waals surface area contributed by atoms with Gasteiger partial charge in [0.15, 0.2) is 0 Å². The van der Waals surface area contributed by atoms with Gasteiger partial charge in [-0.3, -0.25) is 4.98 Å². The van der Waals surface area contributed by atoms with Crippen LogP contribution in [-0.4, -0.2) is 18.1 Å².